The SMILES string of the molecule is COC[C@@H]1C[C@@H](C)CCCC[C@H]2C[C@@]2(C(=O)NS(=O)(=O)C2(C)CC2)NC(=O)[C@@H]2C[C@@H](Oc3nc4cc(OC)ccc4nc3C(C)C)CN2C(=O)[C@H]1NC(=O)OC(C)(C)C. The molecule has 2 aliphatic carbocycles. The number of rotatable bonds is 10. The van der Waals surface area contributed by atoms with Crippen molar-refractivity contribution in [1.82, 2.24) is 30.2 Å². The Morgan fingerprint density at radius 3 is 2.41 bits per heavy atom. The zero-order valence-electron chi connectivity index (χ0n) is 35.9. The summed E-state index contributed by atoms with van der Waals surface area (Å²) in [7, 11) is -0.904. The summed E-state index contributed by atoms with van der Waals surface area (Å²) in [6.07, 6.45) is 3.10. The minimum atomic E-state index is -4.00. The third-order valence-corrected chi connectivity index (χ3v) is 14.4. The third-order valence-electron chi connectivity index (χ3n) is 12.2. The molecule has 2 saturated carbocycles. The van der Waals surface area contributed by atoms with Crippen molar-refractivity contribution >= 4 is 44.9 Å². The molecule has 16 nitrogen and oxygen atoms in total. The molecule has 17 heteroatoms. The van der Waals surface area contributed by atoms with Crippen molar-refractivity contribution in [3.05, 3.63) is 23.9 Å². The average Bonchev–Trinajstić information content (AvgIpc) is 4.03. The average molecular weight is 843 g/mol. The molecule has 4 fully saturated rings. The Balaban J connectivity index is 1.39. The molecular formula is C42H62N6O10S. The maximum absolute atomic E-state index is 15.1. The number of nitrogens with zero attached hydrogens (tertiary/aromatic N) is 3. The number of methoxy groups -OCH3 is 2. The molecular weight excluding hydrogens is 781 g/mol. The molecule has 4 amide bonds. The number of hydrogen-bond acceptors (Lipinski definition) is 12. The molecule has 1 aromatic heterocycles. The quantitative estimate of drug-likeness (QED) is 0.297. The van der Waals surface area contributed by atoms with Crippen LogP contribution >= 0.6 is 0 Å². The summed E-state index contributed by atoms with van der Waals surface area (Å²) in [5.41, 5.74) is -0.569. The molecule has 0 radical (unpaired) electrons. The molecule has 3 N–H and O–H groups in total. The number of amides is 4. The monoisotopic (exact) mass is 842 g/mol. The maximum atomic E-state index is 15.1. The molecule has 0 spiro atoms. The van der Waals surface area contributed by atoms with Gasteiger partial charge in [0.1, 0.15) is 40.8 Å². The van der Waals surface area contributed by atoms with Gasteiger partial charge in [0.25, 0.3) is 5.91 Å². The summed E-state index contributed by atoms with van der Waals surface area (Å²) in [6, 6.07) is 3.04. The summed E-state index contributed by atoms with van der Waals surface area (Å²) < 4.78 is 51.1. The predicted octanol–water partition coefficient (Wildman–Crippen LogP) is 4.74. The van der Waals surface area contributed by atoms with Gasteiger partial charge in [-0.2, -0.15) is 0 Å². The zero-order valence-corrected chi connectivity index (χ0v) is 36.7. The number of ether oxygens (including phenoxy) is 4. The van der Waals surface area contributed by atoms with Crippen LogP contribution in [-0.4, -0.2) is 109 Å². The third kappa shape index (κ3) is 9.87. The molecule has 2 aliphatic heterocycles. The summed E-state index contributed by atoms with van der Waals surface area (Å²) >= 11 is 0. The van der Waals surface area contributed by atoms with Crippen LogP contribution in [-0.2, 0) is 33.9 Å². The van der Waals surface area contributed by atoms with Gasteiger partial charge in [0.05, 0.1) is 36.0 Å². The van der Waals surface area contributed by atoms with Gasteiger partial charge in [-0.25, -0.2) is 23.2 Å². The van der Waals surface area contributed by atoms with E-state index in [9.17, 15) is 22.8 Å². The van der Waals surface area contributed by atoms with E-state index in [0.717, 1.165) is 19.3 Å². The standard InChI is InChI=1S/C42H62N6O10S/c1-24(2)33-36(44-31-19-28(56-9)14-15-30(31)43-33)57-29-20-32-35(49)46-42(38(51)47-59(53,54)41(7)16-17-41)21-27(42)13-11-10-12-25(3)18-26(23-55-8)34(37(50)48(32)22-29)45-39(52)58-40(4,5)6/h14-15,19,24-27,29,32,34H,10-13,16-18,20-23H2,1-9H3,(H,45,52)(H,46,49)(H,47,51)/t25-,26-,27-,29+,32-,34-,42+/m0/s1. The van der Waals surface area contributed by atoms with Crippen molar-refractivity contribution in [2.45, 2.75) is 146 Å². The summed E-state index contributed by atoms with van der Waals surface area (Å²) in [4.78, 5) is 68.4. The van der Waals surface area contributed by atoms with Gasteiger partial charge in [0.2, 0.25) is 27.7 Å². The zero-order chi connectivity index (χ0) is 43.1. The Hall–Kier alpha value is -4.25. The number of benzene rings is 1. The number of hydrogen-bond donors (Lipinski definition) is 3. The van der Waals surface area contributed by atoms with Crippen LogP contribution in [0.4, 0.5) is 4.79 Å². The minimum Gasteiger partial charge on any atom is -0.497 e. The fraction of sp³-hybridized carbons (Fsp3) is 0.714. The topological polar surface area (TPSA) is 204 Å². The highest BCUT2D eigenvalue weighted by atomic mass is 32.2. The second-order valence-electron chi connectivity index (χ2n) is 18.6. The second-order valence-corrected chi connectivity index (χ2v) is 20.8. The normalized spacial score (nSPS) is 28.7. The molecule has 59 heavy (non-hydrogen) atoms. The van der Waals surface area contributed by atoms with E-state index in [2.05, 4.69) is 22.3 Å². The molecule has 0 unspecified atom stereocenters. The lowest BCUT2D eigenvalue weighted by atomic mass is 9.86. The summed E-state index contributed by atoms with van der Waals surface area (Å²) in [5, 5.41) is 5.80. The van der Waals surface area contributed by atoms with Crippen LogP contribution in [0.3, 0.4) is 0 Å². The van der Waals surface area contributed by atoms with Gasteiger partial charge >= 0.3 is 6.09 Å². The molecule has 4 aliphatic rings. The van der Waals surface area contributed by atoms with Gasteiger partial charge < -0.3 is 34.5 Å². The number of carbonyl (C=O) groups excluding carboxylic acids is 4. The summed E-state index contributed by atoms with van der Waals surface area (Å²) in [6.45, 7) is 12.9. The molecule has 2 aromatic rings. The van der Waals surface area contributed by atoms with Crippen LogP contribution in [0.25, 0.3) is 11.0 Å². The number of nitrogens with one attached hydrogen (secondary N) is 3. The van der Waals surface area contributed by atoms with Crippen molar-refractivity contribution < 1.29 is 46.5 Å². The van der Waals surface area contributed by atoms with Crippen molar-refractivity contribution in [2.24, 2.45) is 17.8 Å². The van der Waals surface area contributed by atoms with Gasteiger partial charge in [0.15, 0.2) is 0 Å². The first-order valence-corrected chi connectivity index (χ1v) is 22.4. The van der Waals surface area contributed by atoms with Crippen LogP contribution in [0.1, 0.15) is 118 Å². The highest BCUT2D eigenvalue weighted by molar-refractivity contribution is 7.91. The van der Waals surface area contributed by atoms with Crippen molar-refractivity contribution in [1.29, 1.82) is 0 Å². The molecule has 0 bridgehead atoms. The van der Waals surface area contributed by atoms with E-state index in [4.69, 9.17) is 28.9 Å². The largest absolute Gasteiger partial charge is 0.497 e. The highest BCUT2D eigenvalue weighted by Crippen LogP contribution is 2.49. The number of fused-ring (bicyclic) bond motifs is 3. The second kappa shape index (κ2) is 17.0. The van der Waals surface area contributed by atoms with E-state index < -0.39 is 73.8 Å². The van der Waals surface area contributed by atoms with Gasteiger partial charge in [-0.15, -0.1) is 0 Å². The van der Waals surface area contributed by atoms with Gasteiger partial charge in [-0.1, -0.05) is 40.0 Å². The van der Waals surface area contributed by atoms with E-state index in [-0.39, 0.29) is 49.6 Å². The van der Waals surface area contributed by atoms with Crippen LogP contribution < -0.4 is 24.8 Å². The Labute approximate surface area is 347 Å². The van der Waals surface area contributed by atoms with E-state index in [1.165, 1.54) is 12.0 Å². The Bertz CT molecular complexity index is 2030. The molecule has 2 saturated heterocycles. The van der Waals surface area contributed by atoms with Crippen LogP contribution in [0.2, 0.25) is 0 Å². The Kier molecular flexibility index (Phi) is 12.8. The van der Waals surface area contributed by atoms with Crippen LogP contribution in [0.15, 0.2) is 18.2 Å². The molecule has 3 heterocycles. The first-order valence-electron chi connectivity index (χ1n) is 20.9. The molecule has 7 atom stereocenters. The lowest BCUT2D eigenvalue weighted by Crippen LogP contribution is -2.60. The van der Waals surface area contributed by atoms with Crippen molar-refractivity contribution in [3.8, 4) is 11.6 Å². The number of sulfonamides is 1. The van der Waals surface area contributed by atoms with Gasteiger partial charge in [0, 0.05) is 31.4 Å². The number of alkyl carbamates (subject to hydrolysis) is 1. The van der Waals surface area contributed by atoms with Crippen molar-refractivity contribution in [3.63, 3.8) is 0 Å². The first kappa shape index (κ1) is 44.3. The highest BCUT2D eigenvalue weighted by Gasteiger charge is 2.63. The number of aromatic nitrogens is 2. The van der Waals surface area contributed by atoms with E-state index in [1.54, 1.807) is 46.9 Å². The lowest BCUT2D eigenvalue weighted by molar-refractivity contribution is -0.142. The molecule has 6 rings (SSSR count). The fourth-order valence-corrected chi connectivity index (χ4v) is 9.74. The Morgan fingerprint density at radius 2 is 1.76 bits per heavy atom. The van der Waals surface area contributed by atoms with Gasteiger partial charge in [-0.3, -0.25) is 19.1 Å². The van der Waals surface area contributed by atoms with E-state index in [0.29, 0.717) is 48.2 Å². The van der Waals surface area contributed by atoms with Crippen LogP contribution in [0, 0.1) is 17.8 Å². The summed E-state index contributed by atoms with van der Waals surface area (Å²) in [5.74, 6) is -1.87. The predicted molar refractivity (Wildman–Crippen MR) is 219 cm³/mol. The fourth-order valence-electron chi connectivity index (χ4n) is 8.43. The van der Waals surface area contributed by atoms with E-state index >= 15 is 4.79 Å². The Morgan fingerprint density at radius 1 is 1.05 bits per heavy atom. The van der Waals surface area contributed by atoms with Gasteiger partial charge in [-0.05, 0) is 83.8 Å². The maximum Gasteiger partial charge on any atom is 0.408 e. The molecule has 326 valence electrons. The smallest absolute Gasteiger partial charge is 0.408 e. The van der Waals surface area contributed by atoms with E-state index in [1.807, 2.05) is 19.9 Å². The lowest BCUT2D eigenvalue weighted by Gasteiger charge is -2.34. The van der Waals surface area contributed by atoms with Crippen LogP contribution in [0.5, 0.6) is 11.6 Å². The minimum absolute atomic E-state index is 0.0101. The number of carbonyl (C=O) groups is 4. The first-order chi connectivity index (χ1) is 27.7. The molecule has 1 aromatic carbocycles. The van der Waals surface area contributed by atoms with Crippen molar-refractivity contribution in [2.75, 3.05) is 27.4 Å².